The maximum atomic E-state index is 11.9. The molecule has 0 amide bonds. The van der Waals surface area contributed by atoms with Crippen LogP contribution in [0.1, 0.15) is 5.56 Å². The molecule has 1 unspecified atom stereocenters. The Bertz CT molecular complexity index is 1140. The lowest BCUT2D eigenvalue weighted by molar-refractivity contribution is 0.677. The van der Waals surface area contributed by atoms with Crippen LogP contribution in [0.5, 0.6) is 0 Å². The first-order valence-corrected chi connectivity index (χ1v) is 9.74. The number of H-pyrrole nitrogens is 1. The van der Waals surface area contributed by atoms with Crippen molar-refractivity contribution >= 4 is 33.7 Å². The Labute approximate surface area is 167 Å². The summed E-state index contributed by atoms with van der Waals surface area (Å²) in [5, 5.41) is 14.5. The number of fused-ring (bicyclic) bond motifs is 2. The van der Waals surface area contributed by atoms with E-state index in [0.29, 0.717) is 28.4 Å². The van der Waals surface area contributed by atoms with Crippen LogP contribution >= 0.6 is 11.6 Å². The first-order valence-electron chi connectivity index (χ1n) is 9.36. The van der Waals surface area contributed by atoms with Gasteiger partial charge in [0, 0.05) is 48.9 Å². The number of aromatic amines is 1. The van der Waals surface area contributed by atoms with Crippen molar-refractivity contribution in [2.45, 2.75) is 6.54 Å². The number of anilines is 2. The average Bonchev–Trinajstić information content (AvgIpc) is 3.32. The summed E-state index contributed by atoms with van der Waals surface area (Å²) in [7, 11) is 0. The van der Waals surface area contributed by atoms with Gasteiger partial charge in [0.1, 0.15) is 0 Å². The van der Waals surface area contributed by atoms with Gasteiger partial charge in [-0.25, -0.2) is 5.10 Å². The molecule has 1 fully saturated rings. The van der Waals surface area contributed by atoms with Gasteiger partial charge in [-0.2, -0.15) is 5.10 Å². The summed E-state index contributed by atoms with van der Waals surface area (Å²) < 4.78 is 0. The minimum atomic E-state index is -0.236. The molecule has 1 aromatic heterocycles. The quantitative estimate of drug-likeness (QED) is 0.635. The Hall–Kier alpha value is -2.99. The van der Waals surface area contributed by atoms with E-state index in [-0.39, 0.29) is 5.56 Å². The number of hydrogen-bond donors (Lipinski definition) is 3. The van der Waals surface area contributed by atoms with Crippen LogP contribution in [0, 0.1) is 5.92 Å². The van der Waals surface area contributed by atoms with Gasteiger partial charge in [-0.05, 0) is 41.6 Å². The minimum absolute atomic E-state index is 0.236. The van der Waals surface area contributed by atoms with Crippen molar-refractivity contribution in [3.63, 3.8) is 0 Å². The van der Waals surface area contributed by atoms with Crippen LogP contribution in [-0.4, -0.2) is 29.8 Å². The molecule has 2 aliphatic heterocycles. The third kappa shape index (κ3) is 2.99. The van der Waals surface area contributed by atoms with E-state index in [9.17, 15) is 4.79 Å². The van der Waals surface area contributed by atoms with Crippen molar-refractivity contribution in [1.29, 1.82) is 0 Å². The fraction of sp³-hybridized carbons (Fsp3) is 0.238. The third-order valence-electron chi connectivity index (χ3n) is 5.55. The summed E-state index contributed by atoms with van der Waals surface area (Å²) in [5.41, 5.74) is 4.67. The van der Waals surface area contributed by atoms with Crippen molar-refractivity contribution < 1.29 is 0 Å². The molecule has 0 spiro atoms. The van der Waals surface area contributed by atoms with Crippen LogP contribution in [0.15, 0.2) is 59.0 Å². The highest BCUT2D eigenvalue weighted by Crippen LogP contribution is 2.32. The molecule has 2 aliphatic rings. The number of para-hydroxylation sites is 1. The lowest BCUT2D eigenvalue weighted by atomic mass is 10.1. The summed E-state index contributed by atoms with van der Waals surface area (Å²) in [6.07, 6.45) is 2.17. The minimum Gasteiger partial charge on any atom is -0.390 e. The summed E-state index contributed by atoms with van der Waals surface area (Å²) in [6.45, 7) is 3.76. The molecule has 7 heteroatoms. The maximum Gasteiger partial charge on any atom is 0.272 e. The van der Waals surface area contributed by atoms with Gasteiger partial charge in [-0.3, -0.25) is 4.79 Å². The molecule has 0 aliphatic carbocycles. The number of benzene rings is 2. The normalized spacial score (nSPS) is 18.1. The Morgan fingerprint density at radius 1 is 1.21 bits per heavy atom. The fourth-order valence-corrected chi connectivity index (χ4v) is 4.28. The number of hydrogen-bond acceptors (Lipinski definition) is 5. The highest BCUT2D eigenvalue weighted by Gasteiger charge is 2.30. The first-order chi connectivity index (χ1) is 13.7. The zero-order chi connectivity index (χ0) is 19.1. The second-order valence-electron chi connectivity index (χ2n) is 7.29. The lowest BCUT2D eigenvalue weighted by Gasteiger charge is -2.22. The van der Waals surface area contributed by atoms with Gasteiger partial charge in [0.25, 0.3) is 5.56 Å². The Kier molecular flexibility index (Phi) is 4.20. The molecule has 28 heavy (non-hydrogen) atoms. The highest BCUT2D eigenvalue weighted by atomic mass is 35.5. The summed E-state index contributed by atoms with van der Waals surface area (Å²) >= 11 is 6.15. The molecule has 1 atom stereocenters. The standard InChI is InChI=1S/C21H20ClN5O/c22-20-18-7-16(5-6-17(18)21(28)26-25-20)24-10-13-3-1-2-4-19(13)27-11-14-8-23-9-15(14)12-27/h1-8,15,23-24H,9-12H2,(H,26,28). The van der Waals surface area contributed by atoms with E-state index in [1.807, 2.05) is 12.1 Å². The van der Waals surface area contributed by atoms with Crippen LogP contribution in [0.4, 0.5) is 11.4 Å². The Balaban J connectivity index is 1.38. The van der Waals surface area contributed by atoms with Crippen LogP contribution in [-0.2, 0) is 6.54 Å². The number of nitrogens with one attached hydrogen (secondary N) is 3. The van der Waals surface area contributed by atoms with E-state index in [1.165, 1.54) is 16.8 Å². The van der Waals surface area contributed by atoms with E-state index in [1.54, 1.807) is 6.07 Å². The van der Waals surface area contributed by atoms with E-state index >= 15 is 0 Å². The van der Waals surface area contributed by atoms with Crippen LogP contribution in [0.3, 0.4) is 0 Å². The van der Waals surface area contributed by atoms with Gasteiger partial charge in [0.2, 0.25) is 0 Å². The zero-order valence-electron chi connectivity index (χ0n) is 15.2. The Morgan fingerprint density at radius 2 is 2.11 bits per heavy atom. The molecule has 2 aromatic carbocycles. The van der Waals surface area contributed by atoms with Gasteiger partial charge in [-0.15, -0.1) is 0 Å². The molecule has 3 heterocycles. The van der Waals surface area contributed by atoms with Crippen LogP contribution < -0.4 is 21.1 Å². The molecular weight excluding hydrogens is 374 g/mol. The smallest absolute Gasteiger partial charge is 0.272 e. The summed E-state index contributed by atoms with van der Waals surface area (Å²) in [5.74, 6) is 0.620. The first kappa shape index (κ1) is 17.1. The van der Waals surface area contributed by atoms with Crippen molar-refractivity contribution in [3.8, 4) is 0 Å². The lowest BCUT2D eigenvalue weighted by Crippen LogP contribution is -2.24. The Morgan fingerprint density at radius 3 is 3.00 bits per heavy atom. The summed E-state index contributed by atoms with van der Waals surface area (Å²) in [6, 6.07) is 14.0. The fourth-order valence-electron chi connectivity index (χ4n) is 4.08. The average molecular weight is 394 g/mol. The maximum absolute atomic E-state index is 11.9. The molecule has 1 saturated heterocycles. The monoisotopic (exact) mass is 393 g/mol. The van der Waals surface area contributed by atoms with Crippen molar-refractivity contribution in [2.75, 3.05) is 29.9 Å². The molecule has 0 bridgehead atoms. The topological polar surface area (TPSA) is 73.0 Å². The zero-order valence-corrected chi connectivity index (χ0v) is 16.0. The van der Waals surface area contributed by atoms with E-state index in [2.05, 4.69) is 56.2 Å². The van der Waals surface area contributed by atoms with Gasteiger partial charge in [-0.1, -0.05) is 29.8 Å². The molecular formula is C21H20ClN5O. The van der Waals surface area contributed by atoms with Crippen molar-refractivity contribution in [1.82, 2.24) is 15.5 Å². The largest absolute Gasteiger partial charge is 0.390 e. The molecule has 0 saturated carbocycles. The molecule has 5 rings (SSSR count). The molecule has 3 N–H and O–H groups in total. The number of rotatable bonds is 4. The molecule has 3 aromatic rings. The van der Waals surface area contributed by atoms with Crippen molar-refractivity contribution in [3.05, 3.63) is 75.3 Å². The molecule has 142 valence electrons. The van der Waals surface area contributed by atoms with Crippen LogP contribution in [0.2, 0.25) is 5.15 Å². The second kappa shape index (κ2) is 6.87. The number of nitrogens with zero attached hydrogens (tertiary/aromatic N) is 2. The van der Waals surface area contributed by atoms with Gasteiger partial charge < -0.3 is 15.5 Å². The van der Waals surface area contributed by atoms with Gasteiger partial charge >= 0.3 is 0 Å². The van der Waals surface area contributed by atoms with Gasteiger partial charge in [0.15, 0.2) is 5.15 Å². The second-order valence-corrected chi connectivity index (χ2v) is 7.65. The third-order valence-corrected chi connectivity index (χ3v) is 5.84. The molecule has 6 nitrogen and oxygen atoms in total. The molecule has 0 radical (unpaired) electrons. The van der Waals surface area contributed by atoms with E-state index in [4.69, 9.17) is 11.6 Å². The van der Waals surface area contributed by atoms with E-state index in [0.717, 1.165) is 25.3 Å². The predicted molar refractivity (Wildman–Crippen MR) is 113 cm³/mol. The van der Waals surface area contributed by atoms with Crippen molar-refractivity contribution in [2.24, 2.45) is 5.92 Å². The highest BCUT2D eigenvalue weighted by molar-refractivity contribution is 6.34. The SMILES string of the molecule is O=c1[nH]nc(Cl)c2cc(NCc3ccccc3N3CC4=CNCC4C3)ccc12. The number of aromatic nitrogens is 2. The van der Waals surface area contributed by atoms with Crippen LogP contribution in [0.25, 0.3) is 10.8 Å². The van der Waals surface area contributed by atoms with Gasteiger partial charge in [0.05, 0.1) is 5.39 Å². The number of halogens is 1. The summed E-state index contributed by atoms with van der Waals surface area (Å²) in [4.78, 5) is 14.3. The predicted octanol–water partition coefficient (Wildman–Crippen LogP) is 3.11. The van der Waals surface area contributed by atoms with E-state index < -0.39 is 0 Å².